The highest BCUT2D eigenvalue weighted by molar-refractivity contribution is 7.99. The number of aromatic hydroxyl groups is 1. The van der Waals surface area contributed by atoms with E-state index in [-0.39, 0.29) is 34.6 Å². The van der Waals surface area contributed by atoms with Crippen LogP contribution in [0.15, 0.2) is 94.9 Å². The Labute approximate surface area is 195 Å². The Morgan fingerprint density at radius 2 is 1.61 bits per heavy atom. The van der Waals surface area contributed by atoms with Crippen molar-refractivity contribution in [2.75, 3.05) is 12.9 Å². The number of aromatic nitrogens is 2. The van der Waals surface area contributed by atoms with Gasteiger partial charge in [0, 0.05) is 12.0 Å². The van der Waals surface area contributed by atoms with Crippen molar-refractivity contribution in [2.24, 2.45) is 0 Å². The first kappa shape index (κ1) is 22.4. The van der Waals surface area contributed by atoms with Crippen LogP contribution in [-0.2, 0) is 6.42 Å². The number of ketones is 1. The second-order valence-electron chi connectivity index (χ2n) is 7.25. The van der Waals surface area contributed by atoms with Crippen LogP contribution in [-0.4, -0.2) is 33.3 Å². The van der Waals surface area contributed by atoms with Gasteiger partial charge in [-0.25, -0.2) is 0 Å². The van der Waals surface area contributed by atoms with Crippen molar-refractivity contribution < 1.29 is 14.6 Å². The third-order valence-corrected chi connectivity index (χ3v) is 6.04. The van der Waals surface area contributed by atoms with Crippen molar-refractivity contribution in [1.82, 2.24) is 9.55 Å². The third kappa shape index (κ3) is 4.99. The number of thioether (sulfide) groups is 1. The second-order valence-corrected chi connectivity index (χ2v) is 8.19. The van der Waals surface area contributed by atoms with Crippen LogP contribution in [0.3, 0.4) is 0 Å². The van der Waals surface area contributed by atoms with E-state index in [2.05, 4.69) is 4.98 Å². The number of benzene rings is 3. The van der Waals surface area contributed by atoms with E-state index >= 15 is 0 Å². The molecule has 0 aliphatic carbocycles. The Morgan fingerprint density at radius 3 is 2.30 bits per heavy atom. The van der Waals surface area contributed by atoms with Gasteiger partial charge < -0.3 is 9.84 Å². The minimum atomic E-state index is -0.412. The van der Waals surface area contributed by atoms with Gasteiger partial charge in [-0.1, -0.05) is 84.6 Å². The number of methoxy groups -OCH3 is 1. The van der Waals surface area contributed by atoms with Crippen LogP contribution in [0.25, 0.3) is 5.69 Å². The summed E-state index contributed by atoms with van der Waals surface area (Å²) in [6, 6.07) is 25.4. The zero-order valence-corrected chi connectivity index (χ0v) is 18.8. The Kier molecular flexibility index (Phi) is 6.90. The van der Waals surface area contributed by atoms with Gasteiger partial charge in [-0.3, -0.25) is 14.2 Å². The van der Waals surface area contributed by atoms with Gasteiger partial charge in [0.25, 0.3) is 5.56 Å². The molecule has 6 nitrogen and oxygen atoms in total. The van der Waals surface area contributed by atoms with Crippen molar-refractivity contribution in [2.45, 2.75) is 11.6 Å². The Hall–Kier alpha value is -3.84. The predicted octanol–water partition coefficient (Wildman–Crippen LogP) is 4.51. The minimum Gasteiger partial charge on any atom is -0.495 e. The quantitative estimate of drug-likeness (QED) is 0.238. The van der Waals surface area contributed by atoms with Gasteiger partial charge in [-0.2, -0.15) is 4.98 Å². The highest BCUT2D eigenvalue weighted by atomic mass is 32.2. The molecule has 0 saturated carbocycles. The van der Waals surface area contributed by atoms with Gasteiger partial charge in [0.05, 0.1) is 24.1 Å². The summed E-state index contributed by atoms with van der Waals surface area (Å²) >= 11 is 1.09. The largest absolute Gasteiger partial charge is 0.495 e. The number of carbonyl (C=O) groups is 1. The maximum atomic E-state index is 13.6. The summed E-state index contributed by atoms with van der Waals surface area (Å²) in [5.74, 6) is 0.0937. The summed E-state index contributed by atoms with van der Waals surface area (Å²) in [5, 5.41) is 10.9. The predicted molar refractivity (Wildman–Crippen MR) is 129 cm³/mol. The van der Waals surface area contributed by atoms with E-state index in [0.29, 0.717) is 17.0 Å². The molecule has 1 aromatic heterocycles. The maximum Gasteiger partial charge on any atom is 0.266 e. The molecule has 7 heteroatoms. The molecule has 3 aromatic carbocycles. The Bertz CT molecular complexity index is 1320. The zero-order chi connectivity index (χ0) is 23.2. The number of para-hydroxylation sites is 2. The smallest absolute Gasteiger partial charge is 0.266 e. The molecule has 0 radical (unpaired) electrons. The molecule has 0 atom stereocenters. The molecule has 0 unspecified atom stereocenters. The summed E-state index contributed by atoms with van der Waals surface area (Å²) in [6.45, 7) is 0. The monoisotopic (exact) mass is 458 g/mol. The molecule has 1 heterocycles. The fraction of sp³-hybridized carbons (Fsp3) is 0.115. The molecule has 4 aromatic rings. The van der Waals surface area contributed by atoms with Crippen molar-refractivity contribution >= 4 is 17.5 Å². The van der Waals surface area contributed by atoms with E-state index in [0.717, 1.165) is 17.3 Å². The van der Waals surface area contributed by atoms with Crippen molar-refractivity contribution in [3.63, 3.8) is 0 Å². The van der Waals surface area contributed by atoms with Gasteiger partial charge in [0.15, 0.2) is 10.9 Å². The fourth-order valence-corrected chi connectivity index (χ4v) is 4.33. The van der Waals surface area contributed by atoms with Gasteiger partial charge in [0.1, 0.15) is 5.75 Å². The van der Waals surface area contributed by atoms with Gasteiger partial charge in [-0.05, 0) is 17.7 Å². The fourth-order valence-electron chi connectivity index (χ4n) is 3.44. The van der Waals surface area contributed by atoms with Crippen molar-refractivity contribution in [3.05, 3.63) is 112 Å². The number of rotatable bonds is 8. The number of hydrogen-bond donors (Lipinski definition) is 1. The molecule has 1 N–H and O–H groups in total. The molecule has 0 saturated heterocycles. The molecule has 0 amide bonds. The second kappa shape index (κ2) is 10.2. The van der Waals surface area contributed by atoms with Crippen LogP contribution in [0, 0.1) is 0 Å². The normalized spacial score (nSPS) is 10.7. The lowest BCUT2D eigenvalue weighted by Gasteiger charge is -2.16. The summed E-state index contributed by atoms with van der Waals surface area (Å²) in [5.41, 5.74) is 1.69. The van der Waals surface area contributed by atoms with Gasteiger partial charge in [-0.15, -0.1) is 0 Å². The SMILES string of the molecule is COc1ccccc1-n1c(SCC(=O)c2ccccc2)nc(O)c(Cc2ccccc2)c1=O. The maximum absolute atomic E-state index is 13.6. The van der Waals surface area contributed by atoms with Crippen LogP contribution in [0.1, 0.15) is 21.5 Å². The summed E-state index contributed by atoms with van der Waals surface area (Å²) in [7, 11) is 1.52. The highest BCUT2D eigenvalue weighted by Gasteiger charge is 2.21. The number of carbonyl (C=O) groups excluding carboxylic acids is 1. The molecule has 0 fully saturated rings. The molecule has 0 spiro atoms. The molecule has 166 valence electrons. The lowest BCUT2D eigenvalue weighted by molar-refractivity contribution is 0.102. The Balaban J connectivity index is 1.78. The number of nitrogens with zero attached hydrogens (tertiary/aromatic N) is 2. The number of ether oxygens (including phenoxy) is 1. The van der Waals surface area contributed by atoms with Crippen LogP contribution < -0.4 is 10.3 Å². The number of hydrogen-bond acceptors (Lipinski definition) is 6. The van der Waals surface area contributed by atoms with Crippen LogP contribution in [0.4, 0.5) is 0 Å². The molecule has 33 heavy (non-hydrogen) atoms. The average Bonchev–Trinajstić information content (AvgIpc) is 2.86. The first-order valence-electron chi connectivity index (χ1n) is 10.3. The van der Waals surface area contributed by atoms with E-state index in [9.17, 15) is 14.7 Å². The third-order valence-electron chi connectivity index (χ3n) is 5.10. The highest BCUT2D eigenvalue weighted by Crippen LogP contribution is 2.28. The molecular formula is C26H22N2O4S. The molecule has 0 bridgehead atoms. The van der Waals surface area contributed by atoms with E-state index < -0.39 is 5.56 Å². The molecule has 4 rings (SSSR count). The summed E-state index contributed by atoms with van der Waals surface area (Å²) in [6.07, 6.45) is 0.224. The van der Waals surface area contributed by atoms with E-state index in [1.165, 1.54) is 11.7 Å². The lowest BCUT2D eigenvalue weighted by Crippen LogP contribution is -2.26. The van der Waals surface area contributed by atoms with E-state index in [1.54, 1.807) is 48.5 Å². The standard InChI is InChI=1S/C26H22N2O4S/c1-32-23-15-9-8-14-21(23)28-25(31)20(16-18-10-4-2-5-11-18)24(30)27-26(28)33-17-22(29)19-12-6-3-7-13-19/h2-15,30H,16-17H2,1H3. The lowest BCUT2D eigenvalue weighted by atomic mass is 10.1. The van der Waals surface area contributed by atoms with Crippen molar-refractivity contribution in [3.8, 4) is 17.3 Å². The zero-order valence-electron chi connectivity index (χ0n) is 18.0. The Morgan fingerprint density at radius 1 is 0.970 bits per heavy atom. The summed E-state index contributed by atoms with van der Waals surface area (Å²) < 4.78 is 6.87. The first-order valence-corrected chi connectivity index (χ1v) is 11.3. The molecule has 0 aliphatic heterocycles. The van der Waals surface area contributed by atoms with E-state index in [4.69, 9.17) is 4.74 Å². The molecule has 0 aliphatic rings. The van der Waals surface area contributed by atoms with E-state index in [1.807, 2.05) is 36.4 Å². The topological polar surface area (TPSA) is 81.4 Å². The van der Waals surface area contributed by atoms with Crippen LogP contribution in [0.2, 0.25) is 0 Å². The summed E-state index contributed by atoms with van der Waals surface area (Å²) in [4.78, 5) is 30.6. The van der Waals surface area contributed by atoms with Gasteiger partial charge in [0.2, 0.25) is 5.88 Å². The van der Waals surface area contributed by atoms with Gasteiger partial charge >= 0.3 is 0 Å². The minimum absolute atomic E-state index is 0.0586. The first-order chi connectivity index (χ1) is 16.1. The average molecular weight is 459 g/mol. The number of Topliss-reactive ketones (excluding diaryl/α,β-unsaturated/α-hetero) is 1. The molecular weight excluding hydrogens is 436 g/mol. The van der Waals surface area contributed by atoms with Crippen molar-refractivity contribution in [1.29, 1.82) is 0 Å². The van der Waals surface area contributed by atoms with Crippen LogP contribution in [0.5, 0.6) is 11.6 Å². The van der Waals surface area contributed by atoms with Crippen LogP contribution >= 0.6 is 11.8 Å².